The molecule has 0 saturated carbocycles. The minimum Gasteiger partial charge on any atom is -0.457 e. The van der Waals surface area contributed by atoms with E-state index in [4.69, 9.17) is 27.3 Å². The van der Waals surface area contributed by atoms with Gasteiger partial charge in [0.25, 0.3) is 0 Å². The maximum atomic E-state index is 8.82. The van der Waals surface area contributed by atoms with Gasteiger partial charge in [0, 0.05) is 11.8 Å². The van der Waals surface area contributed by atoms with E-state index in [1.807, 2.05) is 32.0 Å². The maximum Gasteiger partial charge on any atom is 0.130 e. The van der Waals surface area contributed by atoms with Gasteiger partial charge >= 0.3 is 0 Å². The number of nitriles is 1. The molecule has 2 aromatic rings. The van der Waals surface area contributed by atoms with Crippen LogP contribution in [0.4, 0.5) is 5.69 Å². The van der Waals surface area contributed by atoms with Crippen LogP contribution in [0.25, 0.3) is 0 Å². The van der Waals surface area contributed by atoms with E-state index in [-0.39, 0.29) is 0 Å². The van der Waals surface area contributed by atoms with Crippen LogP contribution in [0, 0.1) is 25.2 Å². The maximum absolute atomic E-state index is 8.82. The first-order chi connectivity index (χ1) is 9.01. The molecule has 0 aliphatic carbocycles. The van der Waals surface area contributed by atoms with Gasteiger partial charge in [-0.15, -0.1) is 0 Å². The summed E-state index contributed by atoms with van der Waals surface area (Å²) in [7, 11) is 0. The quantitative estimate of drug-likeness (QED) is 0.834. The Morgan fingerprint density at radius 3 is 2.53 bits per heavy atom. The van der Waals surface area contributed by atoms with Crippen LogP contribution < -0.4 is 10.5 Å². The van der Waals surface area contributed by atoms with Crippen LogP contribution in [0.2, 0.25) is 5.02 Å². The molecule has 0 aliphatic heterocycles. The van der Waals surface area contributed by atoms with Crippen molar-refractivity contribution in [2.75, 3.05) is 5.73 Å². The van der Waals surface area contributed by atoms with Crippen molar-refractivity contribution in [2.45, 2.75) is 13.8 Å². The van der Waals surface area contributed by atoms with Gasteiger partial charge < -0.3 is 10.5 Å². The number of hydrogen-bond acceptors (Lipinski definition) is 3. The normalized spacial score (nSPS) is 10.0. The van der Waals surface area contributed by atoms with Crippen molar-refractivity contribution in [3.8, 4) is 17.6 Å². The lowest BCUT2D eigenvalue weighted by Crippen LogP contribution is -1.94. The summed E-state index contributed by atoms with van der Waals surface area (Å²) >= 11 is 5.97. The minimum atomic E-state index is 0.379. The molecule has 19 heavy (non-hydrogen) atoms. The Morgan fingerprint density at radius 1 is 1.16 bits per heavy atom. The van der Waals surface area contributed by atoms with Crippen molar-refractivity contribution < 1.29 is 4.74 Å². The standard InChI is InChI=1S/C15H13ClN2O/c1-9-6-15(10(2)5-14(9)18)19-12-4-3-11(8-17)13(16)7-12/h3-7H,18H2,1-2H3. The summed E-state index contributed by atoms with van der Waals surface area (Å²) in [6, 6.07) is 10.8. The van der Waals surface area contributed by atoms with Gasteiger partial charge in [0.1, 0.15) is 17.6 Å². The Bertz CT molecular complexity index is 675. The molecule has 0 atom stereocenters. The molecule has 96 valence electrons. The highest BCUT2D eigenvalue weighted by atomic mass is 35.5. The summed E-state index contributed by atoms with van der Waals surface area (Å²) in [4.78, 5) is 0. The van der Waals surface area contributed by atoms with Crippen LogP contribution in [0.3, 0.4) is 0 Å². The van der Waals surface area contributed by atoms with Gasteiger partial charge in [0.15, 0.2) is 0 Å². The fraction of sp³-hybridized carbons (Fsp3) is 0.133. The SMILES string of the molecule is Cc1cc(Oc2ccc(C#N)c(Cl)c2)c(C)cc1N. The van der Waals surface area contributed by atoms with Gasteiger partial charge in [0.2, 0.25) is 0 Å². The Kier molecular flexibility index (Phi) is 3.64. The minimum absolute atomic E-state index is 0.379. The molecule has 0 bridgehead atoms. The molecule has 0 aromatic heterocycles. The number of nitrogens with zero attached hydrogens (tertiary/aromatic N) is 1. The molecule has 0 spiro atoms. The number of nitrogens with two attached hydrogens (primary N) is 1. The van der Waals surface area contributed by atoms with E-state index in [2.05, 4.69) is 0 Å². The molecule has 2 aromatic carbocycles. The summed E-state index contributed by atoms with van der Waals surface area (Å²) < 4.78 is 5.78. The van der Waals surface area contributed by atoms with Crippen LogP contribution in [-0.2, 0) is 0 Å². The first kappa shape index (κ1) is 13.3. The Balaban J connectivity index is 2.34. The summed E-state index contributed by atoms with van der Waals surface area (Å²) in [6.07, 6.45) is 0. The smallest absolute Gasteiger partial charge is 0.130 e. The van der Waals surface area contributed by atoms with Crippen LogP contribution >= 0.6 is 11.6 Å². The van der Waals surface area contributed by atoms with Gasteiger partial charge in [-0.05, 0) is 49.2 Å². The average molecular weight is 273 g/mol. The van der Waals surface area contributed by atoms with Gasteiger partial charge in [-0.25, -0.2) is 0 Å². The summed E-state index contributed by atoms with van der Waals surface area (Å²) in [5.41, 5.74) is 8.91. The highest BCUT2D eigenvalue weighted by Crippen LogP contribution is 2.31. The van der Waals surface area contributed by atoms with Crippen molar-refractivity contribution in [3.05, 3.63) is 52.0 Å². The van der Waals surface area contributed by atoms with E-state index < -0.39 is 0 Å². The second-order valence-electron chi connectivity index (χ2n) is 4.33. The zero-order chi connectivity index (χ0) is 14.0. The number of hydrogen-bond donors (Lipinski definition) is 1. The number of rotatable bonds is 2. The first-order valence-electron chi connectivity index (χ1n) is 5.75. The van der Waals surface area contributed by atoms with Crippen LogP contribution in [0.15, 0.2) is 30.3 Å². The zero-order valence-electron chi connectivity index (χ0n) is 10.7. The number of halogens is 1. The van der Waals surface area contributed by atoms with Gasteiger partial charge in [-0.1, -0.05) is 11.6 Å². The fourth-order valence-electron chi connectivity index (χ4n) is 1.70. The fourth-order valence-corrected chi connectivity index (χ4v) is 1.91. The second-order valence-corrected chi connectivity index (χ2v) is 4.74. The predicted octanol–water partition coefficient (Wildman–Crippen LogP) is 4.20. The number of benzene rings is 2. The van der Waals surface area contributed by atoms with Gasteiger partial charge in [0.05, 0.1) is 10.6 Å². The van der Waals surface area contributed by atoms with Crippen molar-refractivity contribution in [2.24, 2.45) is 0 Å². The van der Waals surface area contributed by atoms with Crippen LogP contribution in [-0.4, -0.2) is 0 Å². The van der Waals surface area contributed by atoms with E-state index in [1.54, 1.807) is 18.2 Å². The van der Waals surface area contributed by atoms with Gasteiger partial charge in [-0.2, -0.15) is 5.26 Å². The molecular formula is C15H13ClN2O. The lowest BCUT2D eigenvalue weighted by atomic mass is 10.1. The summed E-state index contributed by atoms with van der Waals surface area (Å²) in [6.45, 7) is 3.85. The predicted molar refractivity (Wildman–Crippen MR) is 76.6 cm³/mol. The van der Waals surface area contributed by atoms with Crippen molar-refractivity contribution in [1.29, 1.82) is 5.26 Å². The summed E-state index contributed by atoms with van der Waals surface area (Å²) in [5.74, 6) is 1.32. The third kappa shape index (κ3) is 2.81. The van der Waals surface area contributed by atoms with E-state index in [0.717, 1.165) is 22.6 Å². The molecule has 0 saturated heterocycles. The number of ether oxygens (including phenoxy) is 1. The molecule has 0 unspecified atom stereocenters. The van der Waals surface area contributed by atoms with Gasteiger partial charge in [-0.3, -0.25) is 0 Å². The third-order valence-electron chi connectivity index (χ3n) is 2.85. The molecule has 0 radical (unpaired) electrons. The topological polar surface area (TPSA) is 59.0 Å². The molecule has 0 amide bonds. The molecule has 0 heterocycles. The second kappa shape index (κ2) is 5.21. The number of nitrogen functional groups attached to an aromatic ring is 1. The molecule has 0 fully saturated rings. The highest BCUT2D eigenvalue weighted by Gasteiger charge is 2.07. The van der Waals surface area contributed by atoms with E-state index >= 15 is 0 Å². The van der Waals surface area contributed by atoms with Crippen LogP contribution in [0.5, 0.6) is 11.5 Å². The molecule has 4 heteroatoms. The molecule has 3 nitrogen and oxygen atoms in total. The van der Waals surface area contributed by atoms with E-state index in [0.29, 0.717) is 16.3 Å². The average Bonchev–Trinajstić information content (AvgIpc) is 2.36. The number of anilines is 1. The Hall–Kier alpha value is -2.18. The van der Waals surface area contributed by atoms with Crippen molar-refractivity contribution in [3.63, 3.8) is 0 Å². The monoisotopic (exact) mass is 272 g/mol. The Morgan fingerprint density at radius 2 is 1.89 bits per heavy atom. The molecule has 2 N–H and O–H groups in total. The van der Waals surface area contributed by atoms with Crippen LogP contribution in [0.1, 0.15) is 16.7 Å². The molecule has 2 rings (SSSR count). The number of aryl methyl sites for hydroxylation is 2. The molecule has 0 aliphatic rings. The Labute approximate surface area is 117 Å². The third-order valence-corrected chi connectivity index (χ3v) is 3.17. The molecular weight excluding hydrogens is 260 g/mol. The lowest BCUT2D eigenvalue weighted by molar-refractivity contribution is 0.478. The van der Waals surface area contributed by atoms with E-state index in [9.17, 15) is 0 Å². The van der Waals surface area contributed by atoms with Crippen molar-refractivity contribution in [1.82, 2.24) is 0 Å². The van der Waals surface area contributed by atoms with Crippen molar-refractivity contribution >= 4 is 17.3 Å². The van der Waals surface area contributed by atoms with E-state index in [1.165, 1.54) is 0 Å². The highest BCUT2D eigenvalue weighted by molar-refractivity contribution is 6.31. The first-order valence-corrected chi connectivity index (χ1v) is 6.13. The lowest BCUT2D eigenvalue weighted by Gasteiger charge is -2.11. The zero-order valence-corrected chi connectivity index (χ0v) is 11.5. The summed E-state index contributed by atoms with van der Waals surface area (Å²) in [5, 5.41) is 9.20. The largest absolute Gasteiger partial charge is 0.457 e.